The lowest BCUT2D eigenvalue weighted by Gasteiger charge is -2.15. The summed E-state index contributed by atoms with van der Waals surface area (Å²) in [5.74, 6) is -0.500. The van der Waals surface area contributed by atoms with E-state index in [0.717, 1.165) is 44.3 Å². The summed E-state index contributed by atoms with van der Waals surface area (Å²) in [5.41, 5.74) is 2.31. The van der Waals surface area contributed by atoms with Gasteiger partial charge >= 0.3 is 5.97 Å². The van der Waals surface area contributed by atoms with E-state index < -0.39 is 5.97 Å². The Labute approximate surface area is 108 Å². The van der Waals surface area contributed by atoms with Crippen LogP contribution in [0.2, 0.25) is 0 Å². The summed E-state index contributed by atoms with van der Waals surface area (Å²) < 4.78 is 2.02. The van der Waals surface area contributed by atoms with Crippen LogP contribution in [0.4, 0.5) is 0 Å². The van der Waals surface area contributed by atoms with E-state index in [-0.39, 0.29) is 11.8 Å². The lowest BCUT2D eigenvalue weighted by atomic mass is 9.91. The van der Waals surface area contributed by atoms with Gasteiger partial charge in [-0.15, -0.1) is 0 Å². The normalized spacial score (nSPS) is 23.4. The molecule has 4 nitrogen and oxygen atoms in total. The third-order valence-electron chi connectivity index (χ3n) is 4.02. The van der Waals surface area contributed by atoms with E-state index in [1.165, 1.54) is 5.69 Å². The molecule has 0 saturated heterocycles. The molecule has 1 aliphatic carbocycles. The predicted molar refractivity (Wildman–Crippen MR) is 69.4 cm³/mol. The van der Waals surface area contributed by atoms with Gasteiger partial charge in [-0.25, -0.2) is 0 Å². The predicted octanol–water partition coefficient (Wildman–Crippen LogP) is 2.51. The quantitative estimate of drug-likeness (QED) is 0.873. The van der Waals surface area contributed by atoms with Gasteiger partial charge in [0, 0.05) is 12.2 Å². The number of hydrogen-bond acceptors (Lipinski definition) is 2. The Kier molecular flexibility index (Phi) is 4.04. The second-order valence-corrected chi connectivity index (χ2v) is 5.14. The van der Waals surface area contributed by atoms with Crippen molar-refractivity contribution in [2.24, 2.45) is 11.8 Å². The maximum Gasteiger partial charge on any atom is 0.306 e. The molecule has 1 saturated carbocycles. The Morgan fingerprint density at radius 3 is 2.89 bits per heavy atom. The topological polar surface area (TPSA) is 55.1 Å². The summed E-state index contributed by atoms with van der Waals surface area (Å²) in [4.78, 5) is 11.2. The van der Waals surface area contributed by atoms with E-state index in [4.69, 9.17) is 0 Å². The van der Waals surface area contributed by atoms with Gasteiger partial charge in [0.15, 0.2) is 0 Å². The number of aryl methyl sites for hydroxylation is 2. The minimum atomic E-state index is -0.629. The first-order chi connectivity index (χ1) is 8.65. The number of carboxylic acid groups (broad SMARTS) is 1. The molecule has 1 aliphatic rings. The van der Waals surface area contributed by atoms with Crippen LogP contribution in [0.3, 0.4) is 0 Å². The molecule has 2 unspecified atom stereocenters. The molecule has 0 aliphatic heterocycles. The van der Waals surface area contributed by atoms with Crippen LogP contribution < -0.4 is 0 Å². The van der Waals surface area contributed by atoms with Gasteiger partial charge in [-0.05, 0) is 44.6 Å². The first-order valence-corrected chi connectivity index (χ1v) is 6.94. The van der Waals surface area contributed by atoms with E-state index in [0.29, 0.717) is 0 Å². The number of carboxylic acids is 1. The van der Waals surface area contributed by atoms with Crippen LogP contribution in [-0.4, -0.2) is 20.9 Å². The maximum absolute atomic E-state index is 11.2. The number of nitrogens with zero attached hydrogens (tertiary/aromatic N) is 2. The molecule has 0 aromatic carbocycles. The molecular formula is C14H22N2O2. The van der Waals surface area contributed by atoms with E-state index in [9.17, 15) is 9.90 Å². The monoisotopic (exact) mass is 250 g/mol. The molecule has 4 heteroatoms. The van der Waals surface area contributed by atoms with Gasteiger partial charge in [-0.3, -0.25) is 9.48 Å². The van der Waals surface area contributed by atoms with Crippen LogP contribution in [-0.2, 0) is 24.2 Å². The highest BCUT2D eigenvalue weighted by molar-refractivity contribution is 5.70. The van der Waals surface area contributed by atoms with E-state index in [1.807, 2.05) is 4.68 Å². The zero-order valence-electron chi connectivity index (χ0n) is 11.2. The van der Waals surface area contributed by atoms with Gasteiger partial charge in [-0.1, -0.05) is 13.3 Å². The first kappa shape index (κ1) is 13.1. The zero-order valence-corrected chi connectivity index (χ0v) is 11.2. The standard InChI is InChI=1S/C14H22N2O2/c1-3-11-9-12(16(4-2)15-11)8-10-6-5-7-13(10)14(17)18/h9-10,13H,3-8H2,1-2H3,(H,17,18). The van der Waals surface area contributed by atoms with Crippen molar-refractivity contribution in [3.8, 4) is 0 Å². The molecule has 1 fully saturated rings. The van der Waals surface area contributed by atoms with Crippen LogP contribution in [0.5, 0.6) is 0 Å². The van der Waals surface area contributed by atoms with Gasteiger partial charge < -0.3 is 5.11 Å². The van der Waals surface area contributed by atoms with Crippen molar-refractivity contribution in [2.75, 3.05) is 0 Å². The summed E-state index contributed by atoms with van der Waals surface area (Å²) in [5, 5.41) is 13.7. The van der Waals surface area contributed by atoms with Crippen LogP contribution in [0, 0.1) is 11.8 Å². The Hall–Kier alpha value is -1.32. The molecule has 2 atom stereocenters. The Balaban J connectivity index is 2.13. The fraction of sp³-hybridized carbons (Fsp3) is 0.714. The van der Waals surface area contributed by atoms with E-state index >= 15 is 0 Å². The Morgan fingerprint density at radius 2 is 2.28 bits per heavy atom. The van der Waals surface area contributed by atoms with Crippen LogP contribution in [0.1, 0.15) is 44.5 Å². The van der Waals surface area contributed by atoms with Gasteiger partial charge in [0.05, 0.1) is 11.6 Å². The largest absolute Gasteiger partial charge is 0.481 e. The highest BCUT2D eigenvalue weighted by Crippen LogP contribution is 2.34. The van der Waals surface area contributed by atoms with E-state index in [1.54, 1.807) is 0 Å². The second-order valence-electron chi connectivity index (χ2n) is 5.14. The fourth-order valence-corrected chi connectivity index (χ4v) is 3.00. The molecule has 0 bridgehead atoms. The van der Waals surface area contributed by atoms with Crippen molar-refractivity contribution in [1.82, 2.24) is 9.78 Å². The molecule has 0 radical (unpaired) electrons. The third-order valence-corrected chi connectivity index (χ3v) is 4.02. The maximum atomic E-state index is 11.2. The van der Waals surface area contributed by atoms with Crippen molar-refractivity contribution in [3.63, 3.8) is 0 Å². The zero-order chi connectivity index (χ0) is 13.1. The number of carbonyl (C=O) groups is 1. The number of hydrogen-bond donors (Lipinski definition) is 1. The average molecular weight is 250 g/mol. The van der Waals surface area contributed by atoms with Gasteiger partial charge in [0.1, 0.15) is 0 Å². The van der Waals surface area contributed by atoms with Gasteiger partial charge in [-0.2, -0.15) is 5.10 Å². The van der Waals surface area contributed by atoms with Gasteiger partial charge in [0.2, 0.25) is 0 Å². The third kappa shape index (κ3) is 2.57. The molecule has 0 amide bonds. The SMILES string of the molecule is CCc1cc(CC2CCCC2C(=O)O)n(CC)n1. The molecule has 0 spiro atoms. The minimum absolute atomic E-state index is 0.157. The molecule has 1 aromatic heterocycles. The minimum Gasteiger partial charge on any atom is -0.481 e. The highest BCUT2D eigenvalue weighted by atomic mass is 16.4. The summed E-state index contributed by atoms with van der Waals surface area (Å²) in [6, 6.07) is 2.14. The molecule has 1 heterocycles. The van der Waals surface area contributed by atoms with Crippen LogP contribution in [0.25, 0.3) is 0 Å². The summed E-state index contributed by atoms with van der Waals surface area (Å²) >= 11 is 0. The Bertz CT molecular complexity index is 425. The van der Waals surface area contributed by atoms with E-state index in [2.05, 4.69) is 25.0 Å². The van der Waals surface area contributed by atoms with Crippen molar-refractivity contribution >= 4 is 5.97 Å². The summed E-state index contributed by atoms with van der Waals surface area (Å²) in [6.45, 7) is 5.04. The molecule has 1 aromatic rings. The number of aliphatic carboxylic acids is 1. The highest BCUT2D eigenvalue weighted by Gasteiger charge is 2.33. The fourth-order valence-electron chi connectivity index (χ4n) is 3.00. The van der Waals surface area contributed by atoms with Crippen molar-refractivity contribution in [3.05, 3.63) is 17.5 Å². The van der Waals surface area contributed by atoms with Crippen molar-refractivity contribution in [1.29, 1.82) is 0 Å². The summed E-state index contributed by atoms with van der Waals surface area (Å²) in [7, 11) is 0. The lowest BCUT2D eigenvalue weighted by molar-refractivity contribution is -0.142. The van der Waals surface area contributed by atoms with Crippen LogP contribution >= 0.6 is 0 Å². The molecule has 1 N–H and O–H groups in total. The molecule has 2 rings (SSSR count). The smallest absolute Gasteiger partial charge is 0.306 e. The molecule has 100 valence electrons. The van der Waals surface area contributed by atoms with Crippen molar-refractivity contribution in [2.45, 2.75) is 52.5 Å². The summed E-state index contributed by atoms with van der Waals surface area (Å²) in [6.07, 6.45) is 4.71. The van der Waals surface area contributed by atoms with Gasteiger partial charge in [0.25, 0.3) is 0 Å². The number of rotatable bonds is 5. The molecule has 18 heavy (non-hydrogen) atoms. The average Bonchev–Trinajstić information content (AvgIpc) is 2.95. The van der Waals surface area contributed by atoms with Crippen LogP contribution in [0.15, 0.2) is 6.07 Å². The lowest BCUT2D eigenvalue weighted by Crippen LogP contribution is -2.21. The number of aromatic nitrogens is 2. The van der Waals surface area contributed by atoms with Crippen molar-refractivity contribution < 1.29 is 9.90 Å². The second kappa shape index (κ2) is 5.55. The Morgan fingerprint density at radius 1 is 1.50 bits per heavy atom. The molecular weight excluding hydrogens is 228 g/mol. The first-order valence-electron chi connectivity index (χ1n) is 6.94.